The first-order valence-electron chi connectivity index (χ1n) is 7.13. The third kappa shape index (κ3) is 2.96. The van der Waals surface area contributed by atoms with Crippen molar-refractivity contribution in [2.45, 2.75) is 26.2 Å². The van der Waals surface area contributed by atoms with Gasteiger partial charge in [-0.1, -0.05) is 66.2 Å². The van der Waals surface area contributed by atoms with Gasteiger partial charge in [0.25, 0.3) is 0 Å². The maximum atomic E-state index is 2.27. The summed E-state index contributed by atoms with van der Waals surface area (Å²) in [7, 11) is 0. The molecule has 1 aliphatic rings. The van der Waals surface area contributed by atoms with Crippen LogP contribution in [0.2, 0.25) is 0 Å². The first-order valence-corrected chi connectivity index (χ1v) is 7.13. The van der Waals surface area contributed by atoms with E-state index >= 15 is 0 Å². The Balaban J connectivity index is 1.62. The zero-order valence-electron chi connectivity index (χ0n) is 11.5. The number of allylic oxidation sites excluding steroid dienone is 2. The molecular weight excluding hydrogens is 228 g/mol. The zero-order valence-corrected chi connectivity index (χ0v) is 11.5. The summed E-state index contributed by atoms with van der Waals surface area (Å²) in [5, 5.41) is 0. The molecule has 0 aliphatic heterocycles. The second-order valence-corrected chi connectivity index (χ2v) is 5.44. The number of hydrogen-bond acceptors (Lipinski definition) is 0. The van der Waals surface area contributed by atoms with Gasteiger partial charge in [-0.3, -0.25) is 0 Å². The Morgan fingerprint density at radius 3 is 2.26 bits per heavy atom. The molecule has 0 bridgehead atoms. The van der Waals surface area contributed by atoms with Gasteiger partial charge in [0.1, 0.15) is 0 Å². The highest BCUT2D eigenvalue weighted by Crippen LogP contribution is 2.45. The lowest BCUT2D eigenvalue weighted by Crippen LogP contribution is -1.86. The molecule has 0 nitrogen and oxygen atoms in total. The molecule has 2 aromatic rings. The number of hydrogen-bond donors (Lipinski definition) is 0. The van der Waals surface area contributed by atoms with Gasteiger partial charge in [0.15, 0.2) is 0 Å². The smallest absolute Gasteiger partial charge is 0.0156 e. The normalized spacial score (nSPS) is 20.2. The van der Waals surface area contributed by atoms with Gasteiger partial charge in [-0.15, -0.1) is 0 Å². The zero-order chi connectivity index (χ0) is 13.1. The summed E-state index contributed by atoms with van der Waals surface area (Å²) in [4.78, 5) is 0. The van der Waals surface area contributed by atoms with Gasteiger partial charge in [-0.25, -0.2) is 0 Å². The van der Waals surface area contributed by atoms with Crippen molar-refractivity contribution < 1.29 is 0 Å². The molecule has 1 fully saturated rings. The quantitative estimate of drug-likeness (QED) is 0.705. The molecule has 0 amide bonds. The minimum Gasteiger partial charge on any atom is -0.0627 e. The molecule has 0 N–H and O–H groups in total. The summed E-state index contributed by atoms with van der Waals surface area (Å²) in [6.45, 7) is 2.27. The average Bonchev–Trinajstić information content (AvgIpc) is 3.26. The highest BCUT2D eigenvalue weighted by Gasteiger charge is 2.31. The van der Waals surface area contributed by atoms with Crippen molar-refractivity contribution in [2.24, 2.45) is 5.92 Å². The molecule has 0 aromatic heterocycles. The Morgan fingerprint density at radius 1 is 0.947 bits per heavy atom. The molecule has 0 radical (unpaired) electrons. The fourth-order valence-corrected chi connectivity index (χ4v) is 2.80. The van der Waals surface area contributed by atoms with Crippen LogP contribution in [0, 0.1) is 5.92 Å². The molecule has 1 aliphatic carbocycles. The largest absolute Gasteiger partial charge is 0.0627 e. The Bertz CT molecular complexity index is 564. The van der Waals surface area contributed by atoms with E-state index in [1.165, 1.54) is 36.0 Å². The summed E-state index contributed by atoms with van der Waals surface area (Å²) >= 11 is 0. The van der Waals surface area contributed by atoms with E-state index in [0.717, 1.165) is 5.92 Å². The molecule has 1 unspecified atom stereocenters. The molecule has 96 valence electrons. The van der Waals surface area contributed by atoms with Gasteiger partial charge in [0.05, 0.1) is 0 Å². The maximum absolute atomic E-state index is 2.27. The second-order valence-electron chi connectivity index (χ2n) is 5.44. The summed E-state index contributed by atoms with van der Waals surface area (Å²) in [5.41, 5.74) is 6.02. The standard InChI is InChI=1S/C19H20/c1-15(17-10-6-3-7-11-17)19-14-18(19)13-12-16-8-4-2-5-9-16/h2-11,18H,12-14H2,1H3/b19-15-. The molecule has 19 heavy (non-hydrogen) atoms. The molecule has 0 heteroatoms. The third-order valence-electron chi connectivity index (χ3n) is 4.11. The first kappa shape index (κ1) is 12.2. The number of rotatable bonds is 4. The van der Waals surface area contributed by atoms with E-state index in [9.17, 15) is 0 Å². The van der Waals surface area contributed by atoms with Crippen LogP contribution in [0.15, 0.2) is 66.2 Å². The van der Waals surface area contributed by atoms with Gasteiger partial charge >= 0.3 is 0 Å². The van der Waals surface area contributed by atoms with E-state index in [4.69, 9.17) is 0 Å². The summed E-state index contributed by atoms with van der Waals surface area (Å²) in [6.07, 6.45) is 3.80. The van der Waals surface area contributed by atoms with E-state index in [1.807, 2.05) is 0 Å². The Labute approximate surface area is 115 Å². The lowest BCUT2D eigenvalue weighted by atomic mass is 10.0. The van der Waals surface area contributed by atoms with Crippen molar-refractivity contribution in [3.05, 3.63) is 77.4 Å². The van der Waals surface area contributed by atoms with Crippen LogP contribution < -0.4 is 0 Å². The summed E-state index contributed by atoms with van der Waals surface area (Å²) < 4.78 is 0. The van der Waals surface area contributed by atoms with Crippen LogP contribution >= 0.6 is 0 Å². The van der Waals surface area contributed by atoms with E-state index < -0.39 is 0 Å². The SMILES string of the molecule is C/C(=C1\CC1CCc1ccccc1)c1ccccc1. The Kier molecular flexibility index (Phi) is 3.50. The topological polar surface area (TPSA) is 0 Å². The van der Waals surface area contributed by atoms with E-state index in [2.05, 4.69) is 67.6 Å². The van der Waals surface area contributed by atoms with Crippen LogP contribution in [0.5, 0.6) is 0 Å². The highest BCUT2D eigenvalue weighted by molar-refractivity contribution is 5.70. The lowest BCUT2D eigenvalue weighted by molar-refractivity contribution is 0.748. The highest BCUT2D eigenvalue weighted by atomic mass is 14.4. The van der Waals surface area contributed by atoms with Crippen molar-refractivity contribution in [2.75, 3.05) is 0 Å². The molecule has 0 saturated heterocycles. The van der Waals surface area contributed by atoms with Crippen molar-refractivity contribution in [3.63, 3.8) is 0 Å². The third-order valence-corrected chi connectivity index (χ3v) is 4.11. The molecule has 0 heterocycles. The molecule has 1 saturated carbocycles. The molecule has 3 rings (SSSR count). The Morgan fingerprint density at radius 2 is 1.58 bits per heavy atom. The van der Waals surface area contributed by atoms with Gasteiger partial charge in [-0.2, -0.15) is 0 Å². The van der Waals surface area contributed by atoms with Crippen LogP contribution in [-0.2, 0) is 6.42 Å². The average molecular weight is 248 g/mol. The van der Waals surface area contributed by atoms with Crippen LogP contribution in [0.3, 0.4) is 0 Å². The maximum Gasteiger partial charge on any atom is -0.0156 e. The van der Waals surface area contributed by atoms with Crippen LogP contribution in [0.25, 0.3) is 5.57 Å². The van der Waals surface area contributed by atoms with E-state index in [1.54, 1.807) is 5.57 Å². The van der Waals surface area contributed by atoms with Gasteiger partial charge < -0.3 is 0 Å². The number of benzene rings is 2. The monoisotopic (exact) mass is 248 g/mol. The van der Waals surface area contributed by atoms with Crippen molar-refractivity contribution >= 4 is 5.57 Å². The fraction of sp³-hybridized carbons (Fsp3) is 0.263. The minimum atomic E-state index is 0.820. The van der Waals surface area contributed by atoms with Crippen molar-refractivity contribution in [3.8, 4) is 0 Å². The van der Waals surface area contributed by atoms with Gasteiger partial charge in [-0.05, 0) is 48.8 Å². The van der Waals surface area contributed by atoms with Crippen LogP contribution in [0.4, 0.5) is 0 Å². The minimum absolute atomic E-state index is 0.820. The first-order chi connectivity index (χ1) is 9.34. The lowest BCUT2D eigenvalue weighted by Gasteiger charge is -2.01. The predicted molar refractivity (Wildman–Crippen MR) is 81.9 cm³/mol. The summed E-state index contributed by atoms with van der Waals surface area (Å²) in [6, 6.07) is 21.6. The van der Waals surface area contributed by atoms with Crippen molar-refractivity contribution in [1.82, 2.24) is 0 Å². The van der Waals surface area contributed by atoms with Crippen LogP contribution in [0.1, 0.15) is 30.9 Å². The molecular formula is C19H20. The van der Waals surface area contributed by atoms with Gasteiger partial charge in [0, 0.05) is 0 Å². The van der Waals surface area contributed by atoms with Gasteiger partial charge in [0.2, 0.25) is 0 Å². The van der Waals surface area contributed by atoms with E-state index in [-0.39, 0.29) is 0 Å². The molecule has 0 spiro atoms. The Hall–Kier alpha value is -1.82. The van der Waals surface area contributed by atoms with E-state index in [0.29, 0.717) is 0 Å². The van der Waals surface area contributed by atoms with Crippen molar-refractivity contribution in [1.29, 1.82) is 0 Å². The number of aryl methyl sites for hydroxylation is 1. The summed E-state index contributed by atoms with van der Waals surface area (Å²) in [5.74, 6) is 0.820. The molecule has 2 aromatic carbocycles. The predicted octanol–water partition coefficient (Wildman–Crippen LogP) is 5.11. The fourth-order valence-electron chi connectivity index (χ4n) is 2.80. The second kappa shape index (κ2) is 5.44. The molecule has 1 atom stereocenters. The van der Waals surface area contributed by atoms with Crippen LogP contribution in [-0.4, -0.2) is 0 Å².